The molecular formula is C31H28N2O7S. The molecule has 3 aliphatic rings. The van der Waals surface area contributed by atoms with Gasteiger partial charge in [-0.25, -0.2) is 9.69 Å². The van der Waals surface area contributed by atoms with E-state index in [2.05, 4.69) is 0 Å². The van der Waals surface area contributed by atoms with E-state index in [0.717, 1.165) is 20.9 Å². The zero-order valence-corrected chi connectivity index (χ0v) is 24.0. The van der Waals surface area contributed by atoms with E-state index in [-0.39, 0.29) is 21.9 Å². The van der Waals surface area contributed by atoms with E-state index in [0.29, 0.717) is 17.1 Å². The first-order chi connectivity index (χ1) is 19.7. The number of carbonyl (C=O) groups is 4. The van der Waals surface area contributed by atoms with Gasteiger partial charge in [0.2, 0.25) is 11.8 Å². The Balaban J connectivity index is 1.53. The number of imide groups is 1. The second kappa shape index (κ2) is 9.88. The van der Waals surface area contributed by atoms with Crippen LogP contribution in [0.5, 0.6) is 11.5 Å². The van der Waals surface area contributed by atoms with Crippen LogP contribution in [0.1, 0.15) is 48.3 Å². The van der Waals surface area contributed by atoms with Crippen molar-refractivity contribution in [2.45, 2.75) is 25.9 Å². The van der Waals surface area contributed by atoms with E-state index in [1.54, 1.807) is 31.3 Å². The smallest absolute Gasteiger partial charge is 0.341 e. The van der Waals surface area contributed by atoms with Crippen molar-refractivity contribution >= 4 is 46.0 Å². The van der Waals surface area contributed by atoms with Crippen LogP contribution in [-0.4, -0.2) is 55.8 Å². The fraction of sp³-hybridized carbons (Fsp3) is 0.290. The van der Waals surface area contributed by atoms with Crippen LogP contribution < -0.4 is 14.4 Å². The molecule has 9 nitrogen and oxygen atoms in total. The summed E-state index contributed by atoms with van der Waals surface area (Å²) in [6.45, 7) is 3.59. The van der Waals surface area contributed by atoms with Gasteiger partial charge in [0, 0.05) is 11.1 Å². The normalized spacial score (nSPS) is 22.4. The number of Topliss-reactive ketones (excluding diaryl/α,β-unsaturated/α-hetero) is 1. The Labute approximate surface area is 240 Å². The van der Waals surface area contributed by atoms with Crippen LogP contribution >= 0.6 is 11.3 Å². The fourth-order valence-electron chi connectivity index (χ4n) is 6.33. The molecule has 4 atom stereocenters. The minimum Gasteiger partial charge on any atom is -0.497 e. The molecular weight excluding hydrogens is 544 g/mol. The summed E-state index contributed by atoms with van der Waals surface area (Å²) in [5.74, 6) is -3.01. The number of carbonyl (C=O) groups excluding carboxylic acids is 4. The quantitative estimate of drug-likeness (QED) is 0.241. The van der Waals surface area contributed by atoms with E-state index in [1.807, 2.05) is 42.2 Å². The van der Waals surface area contributed by atoms with Gasteiger partial charge in [0.25, 0.3) is 0 Å². The number of hydrogen-bond acceptors (Lipinski definition) is 9. The van der Waals surface area contributed by atoms with Gasteiger partial charge in [-0.15, -0.1) is 11.3 Å². The highest BCUT2D eigenvalue weighted by molar-refractivity contribution is 7.17. The van der Waals surface area contributed by atoms with Gasteiger partial charge >= 0.3 is 5.97 Å². The van der Waals surface area contributed by atoms with Crippen molar-refractivity contribution in [3.8, 4) is 11.5 Å². The second-order valence-electron chi connectivity index (χ2n) is 10.2. The van der Waals surface area contributed by atoms with Crippen molar-refractivity contribution in [1.29, 1.82) is 0 Å². The zero-order chi connectivity index (χ0) is 29.2. The van der Waals surface area contributed by atoms with Crippen LogP contribution in [0.25, 0.3) is 6.08 Å². The molecule has 1 aromatic heterocycles. The SMILES string of the molecule is COC(=O)c1c(N2C(=O)[C@@H]3[C@H](C2=O)[C@H]2c4ccccc4C=CN2[C@@H]3C(=O)c2cc(OC)ccc2OC)sc(C)c1C. The summed E-state index contributed by atoms with van der Waals surface area (Å²) < 4.78 is 15.9. The summed E-state index contributed by atoms with van der Waals surface area (Å²) >= 11 is 1.19. The molecule has 3 aliphatic heterocycles. The third-order valence-electron chi connectivity index (χ3n) is 8.36. The molecule has 2 saturated heterocycles. The van der Waals surface area contributed by atoms with Crippen molar-refractivity contribution in [1.82, 2.24) is 4.90 Å². The average Bonchev–Trinajstić information content (AvgIpc) is 3.58. The highest BCUT2D eigenvalue weighted by atomic mass is 32.1. The van der Waals surface area contributed by atoms with E-state index < -0.39 is 41.7 Å². The van der Waals surface area contributed by atoms with Crippen LogP contribution in [-0.2, 0) is 14.3 Å². The lowest BCUT2D eigenvalue weighted by Crippen LogP contribution is -2.44. The monoisotopic (exact) mass is 572 g/mol. The van der Waals surface area contributed by atoms with Crippen molar-refractivity contribution in [2.24, 2.45) is 11.8 Å². The maximum Gasteiger partial charge on any atom is 0.341 e. The van der Waals surface area contributed by atoms with Crippen LogP contribution in [0.3, 0.4) is 0 Å². The van der Waals surface area contributed by atoms with Gasteiger partial charge in [0.15, 0.2) is 5.78 Å². The number of ketones is 1. The Hall–Kier alpha value is -4.44. The average molecular weight is 573 g/mol. The summed E-state index contributed by atoms with van der Waals surface area (Å²) in [6, 6.07) is 11.0. The van der Waals surface area contributed by atoms with Crippen molar-refractivity contribution in [2.75, 3.05) is 26.2 Å². The molecule has 2 amide bonds. The Bertz CT molecular complexity index is 1660. The van der Waals surface area contributed by atoms with E-state index in [4.69, 9.17) is 14.2 Å². The molecule has 0 saturated carbocycles. The Morgan fingerprint density at radius 3 is 2.37 bits per heavy atom. The summed E-state index contributed by atoms with van der Waals surface area (Å²) in [6.07, 6.45) is 3.69. The molecule has 0 unspecified atom stereocenters. The fourth-order valence-corrected chi connectivity index (χ4v) is 7.49. The molecule has 0 bridgehead atoms. The number of methoxy groups -OCH3 is 3. The van der Waals surface area contributed by atoms with E-state index >= 15 is 0 Å². The Morgan fingerprint density at radius 1 is 0.927 bits per heavy atom. The predicted molar refractivity (Wildman–Crippen MR) is 152 cm³/mol. The molecule has 2 aromatic carbocycles. The molecule has 6 rings (SSSR count). The zero-order valence-electron chi connectivity index (χ0n) is 23.2. The summed E-state index contributed by atoms with van der Waals surface area (Å²) in [7, 11) is 4.24. The number of hydrogen-bond donors (Lipinski definition) is 0. The lowest BCUT2D eigenvalue weighted by molar-refractivity contribution is -0.123. The molecule has 10 heteroatoms. The number of fused-ring (bicyclic) bond motifs is 5. The van der Waals surface area contributed by atoms with Gasteiger partial charge in [-0.05, 0) is 54.8 Å². The van der Waals surface area contributed by atoms with Crippen molar-refractivity contribution < 1.29 is 33.4 Å². The molecule has 4 heterocycles. The topological polar surface area (TPSA) is 102 Å². The number of nitrogens with zero attached hydrogens (tertiary/aromatic N) is 2. The minimum atomic E-state index is -1.00. The molecule has 2 fully saturated rings. The molecule has 3 aromatic rings. The number of ether oxygens (including phenoxy) is 3. The third kappa shape index (κ3) is 3.81. The van der Waals surface area contributed by atoms with Crippen molar-refractivity contribution in [3.05, 3.63) is 81.4 Å². The number of benzene rings is 2. The molecule has 0 N–H and O–H groups in total. The van der Waals surface area contributed by atoms with Crippen LogP contribution in [0.15, 0.2) is 48.7 Å². The number of amides is 2. The maximum atomic E-state index is 14.4. The van der Waals surface area contributed by atoms with Gasteiger partial charge in [0.05, 0.1) is 50.3 Å². The van der Waals surface area contributed by atoms with E-state index in [9.17, 15) is 19.2 Å². The third-order valence-corrected chi connectivity index (χ3v) is 9.55. The van der Waals surface area contributed by atoms with Gasteiger partial charge in [-0.3, -0.25) is 14.4 Å². The van der Waals surface area contributed by atoms with Gasteiger partial charge in [-0.1, -0.05) is 24.3 Å². The minimum absolute atomic E-state index is 0.190. The Kier molecular flexibility index (Phi) is 6.45. The lowest BCUT2D eigenvalue weighted by Gasteiger charge is -2.35. The highest BCUT2D eigenvalue weighted by Crippen LogP contribution is 2.55. The van der Waals surface area contributed by atoms with Crippen molar-refractivity contribution in [3.63, 3.8) is 0 Å². The van der Waals surface area contributed by atoms with Crippen LogP contribution in [0, 0.1) is 25.7 Å². The lowest BCUT2D eigenvalue weighted by atomic mass is 9.83. The number of aryl methyl sites for hydroxylation is 1. The summed E-state index contributed by atoms with van der Waals surface area (Å²) in [5.41, 5.74) is 2.86. The van der Waals surface area contributed by atoms with Gasteiger partial charge < -0.3 is 19.1 Å². The molecule has 210 valence electrons. The maximum absolute atomic E-state index is 14.4. The van der Waals surface area contributed by atoms with Crippen LogP contribution in [0.4, 0.5) is 5.00 Å². The summed E-state index contributed by atoms with van der Waals surface area (Å²) in [5, 5.41) is 0.229. The number of anilines is 1. The standard InChI is InChI=1S/C31H28N2O7S/c1-15-16(2)41-30(22(15)31(37)40-5)33-28(35)23-24(29(33)36)26(27(34)20-14-18(38-3)10-11-21(20)39-4)32-13-12-17-8-6-7-9-19(17)25(23)32/h6-14,23-26H,1-5H3/t23-,24+,25+,26-/m0/s1. The van der Waals surface area contributed by atoms with Crippen LogP contribution in [0.2, 0.25) is 0 Å². The number of esters is 1. The molecule has 41 heavy (non-hydrogen) atoms. The first kappa shape index (κ1) is 26.8. The van der Waals surface area contributed by atoms with E-state index in [1.165, 1.54) is 32.7 Å². The summed E-state index contributed by atoms with van der Waals surface area (Å²) in [4.78, 5) is 59.6. The van der Waals surface area contributed by atoms with Gasteiger partial charge in [-0.2, -0.15) is 0 Å². The molecule has 0 radical (unpaired) electrons. The largest absolute Gasteiger partial charge is 0.497 e. The van der Waals surface area contributed by atoms with Gasteiger partial charge in [0.1, 0.15) is 22.5 Å². The molecule has 0 aliphatic carbocycles. The second-order valence-corrected chi connectivity index (χ2v) is 11.4. The predicted octanol–water partition coefficient (Wildman–Crippen LogP) is 4.57. The number of thiophene rings is 1. The highest BCUT2D eigenvalue weighted by Gasteiger charge is 2.65. The molecule has 0 spiro atoms. The first-order valence-electron chi connectivity index (χ1n) is 13.1. The Morgan fingerprint density at radius 2 is 1.66 bits per heavy atom. The number of rotatable bonds is 6. The first-order valence-corrected chi connectivity index (χ1v) is 13.9.